The zero-order chi connectivity index (χ0) is 52.0. The van der Waals surface area contributed by atoms with Gasteiger partial charge in [-0.3, -0.25) is 28.8 Å². The third-order valence-electron chi connectivity index (χ3n) is 12.7. The van der Waals surface area contributed by atoms with Gasteiger partial charge < -0.3 is 54.8 Å². The molecule has 2 saturated heterocycles. The molecule has 0 radical (unpaired) electrons. The maximum Gasteiger partial charge on any atom is 0.287 e. The quantitative estimate of drug-likeness (QED) is 0.0729. The molecule has 0 saturated carbocycles. The lowest BCUT2D eigenvalue weighted by atomic mass is 9.94. The monoisotopic (exact) mass is 1030 g/mol. The average Bonchev–Trinajstić information content (AvgIpc) is 3.40. The predicted octanol–water partition coefficient (Wildman–Crippen LogP) is 4.65. The van der Waals surface area contributed by atoms with Crippen LogP contribution in [0.3, 0.4) is 0 Å². The van der Waals surface area contributed by atoms with Crippen LogP contribution in [0.1, 0.15) is 70.9 Å². The molecule has 6 N–H and O–H groups in total. The van der Waals surface area contributed by atoms with Gasteiger partial charge in [0.25, 0.3) is 22.9 Å². The molecule has 4 amide bonds. The molecule has 2 fully saturated rings. The Balaban J connectivity index is 0.000000214. The number of nitrogens with zero attached hydrogens (tertiary/aromatic N) is 4. The van der Waals surface area contributed by atoms with Gasteiger partial charge in [-0.05, 0) is 110 Å². The first kappa shape index (κ1) is 53.3. The molecular formula is C51H55ClF2N8O11. The minimum atomic E-state index is -0.698. The number of piperidine rings is 2. The van der Waals surface area contributed by atoms with Gasteiger partial charge in [0, 0.05) is 44.3 Å². The molecule has 0 unspecified atom stereocenters. The molecule has 22 heteroatoms. The maximum absolute atomic E-state index is 14.6. The highest BCUT2D eigenvalue weighted by Crippen LogP contribution is 2.29. The van der Waals surface area contributed by atoms with Crippen molar-refractivity contribution in [3.8, 4) is 17.2 Å². The van der Waals surface area contributed by atoms with Gasteiger partial charge in [-0.25, -0.2) is 18.7 Å². The lowest BCUT2D eigenvalue weighted by molar-refractivity contribution is -0.136. The van der Waals surface area contributed by atoms with E-state index in [2.05, 4.69) is 30.6 Å². The topological polar surface area (TPSA) is 258 Å². The number of aliphatic hydroxyl groups excluding tert-OH is 2. The number of methoxy groups -OCH3 is 1. The second-order valence-corrected chi connectivity index (χ2v) is 17.9. The average molecular weight is 1030 g/mol. The molecule has 19 nitrogen and oxygen atoms in total. The van der Waals surface area contributed by atoms with Crippen LogP contribution >= 0.6 is 11.6 Å². The van der Waals surface area contributed by atoms with Crippen molar-refractivity contribution in [2.24, 2.45) is 11.8 Å². The number of aromatic nitrogens is 4. The van der Waals surface area contributed by atoms with Gasteiger partial charge in [0.15, 0.2) is 34.8 Å². The van der Waals surface area contributed by atoms with Crippen LogP contribution in [0.4, 0.5) is 8.78 Å². The zero-order valence-corrected chi connectivity index (χ0v) is 40.6. The first-order chi connectivity index (χ1) is 35.2. The standard InChI is InChI=1S/C26H29FN4O6.C25H26ClFN4O5/c1-36-18-4-2-3-17(13-18)14-28-26(35)24-29-20-6-5-19(27)23(22(20)25(34)30-24)37-12-9-16-7-10-31(11-8-16)21(33)15-32;26-17-3-1-2-16(12-17)13-28-25(35)23-29-19-5-4-18(27)22(21(19)24(34)30-23)36-11-8-15-6-9-31(10-7-15)20(33)14-32/h2-6,13,16,32H,7-12,14-15H2,1H3,(H,28,35)(H,29,30,34);1-5,12,15,32H,6-11,13-14H2,(H,28,35)(H,29,30,34). The molecule has 4 heterocycles. The number of hydrogen-bond donors (Lipinski definition) is 6. The smallest absolute Gasteiger partial charge is 0.287 e. The Morgan fingerprint density at radius 3 is 1.53 bits per heavy atom. The summed E-state index contributed by atoms with van der Waals surface area (Å²) in [6.45, 7) is 1.96. The Morgan fingerprint density at radius 2 is 1.11 bits per heavy atom. The third-order valence-corrected chi connectivity index (χ3v) is 12.9. The van der Waals surface area contributed by atoms with E-state index in [-0.39, 0.29) is 94.9 Å². The fraction of sp³-hybridized carbons (Fsp3) is 0.373. The number of aromatic amines is 2. The van der Waals surface area contributed by atoms with E-state index in [0.717, 1.165) is 48.9 Å². The molecule has 4 aromatic carbocycles. The molecule has 2 aliphatic heterocycles. The summed E-state index contributed by atoms with van der Waals surface area (Å²) in [6, 6.07) is 19.1. The summed E-state index contributed by atoms with van der Waals surface area (Å²) >= 11 is 5.96. The first-order valence-corrected chi connectivity index (χ1v) is 24.0. The number of H-pyrrole nitrogens is 2. The van der Waals surface area contributed by atoms with Gasteiger partial charge in [0.05, 0.1) is 31.4 Å². The highest BCUT2D eigenvalue weighted by Gasteiger charge is 2.25. The SMILES string of the molecule is COc1cccc(CNC(=O)c2nc3ccc(F)c(OCCC4CCN(C(=O)CO)CC4)c3c(=O)[nH]2)c1.O=C(NCc1cccc(Cl)c1)c1nc2ccc(F)c(OCCC3CCN(C(=O)CO)CC3)c2c(=O)[nH]1. The van der Waals surface area contributed by atoms with E-state index in [1.165, 1.54) is 12.1 Å². The van der Waals surface area contributed by atoms with E-state index in [1.54, 1.807) is 59.4 Å². The molecule has 386 valence electrons. The molecule has 2 aromatic heterocycles. The van der Waals surface area contributed by atoms with Gasteiger partial charge in [-0.15, -0.1) is 0 Å². The number of ether oxygens (including phenoxy) is 3. The summed E-state index contributed by atoms with van der Waals surface area (Å²) in [6.07, 6.45) is 4.25. The van der Waals surface area contributed by atoms with Crippen molar-refractivity contribution < 1.29 is 52.4 Å². The van der Waals surface area contributed by atoms with Gasteiger partial charge in [-0.2, -0.15) is 0 Å². The zero-order valence-electron chi connectivity index (χ0n) is 39.9. The Kier molecular flexibility index (Phi) is 18.4. The lowest BCUT2D eigenvalue weighted by Gasteiger charge is -2.31. The predicted molar refractivity (Wildman–Crippen MR) is 264 cm³/mol. The largest absolute Gasteiger partial charge is 0.497 e. The number of nitrogens with one attached hydrogen (secondary N) is 4. The molecule has 0 aliphatic carbocycles. The highest BCUT2D eigenvalue weighted by atomic mass is 35.5. The Hall–Kier alpha value is -7.49. The molecule has 6 aromatic rings. The third kappa shape index (κ3) is 13.9. The van der Waals surface area contributed by atoms with Crippen molar-refractivity contribution in [3.63, 3.8) is 0 Å². The molecular weight excluding hydrogens is 974 g/mol. The number of benzene rings is 4. The number of likely N-dealkylation sites (tertiary alicyclic amines) is 2. The summed E-state index contributed by atoms with van der Waals surface area (Å²) < 4.78 is 45.7. The van der Waals surface area contributed by atoms with E-state index in [4.69, 9.17) is 36.0 Å². The molecule has 73 heavy (non-hydrogen) atoms. The minimum Gasteiger partial charge on any atom is -0.497 e. The number of rotatable bonds is 17. The van der Waals surface area contributed by atoms with Crippen molar-refractivity contribution >= 4 is 57.0 Å². The number of aliphatic hydroxyl groups is 2. The van der Waals surface area contributed by atoms with Crippen LogP contribution in [0.5, 0.6) is 17.2 Å². The van der Waals surface area contributed by atoms with E-state index >= 15 is 0 Å². The van der Waals surface area contributed by atoms with Crippen molar-refractivity contribution in [2.45, 2.75) is 51.6 Å². The van der Waals surface area contributed by atoms with E-state index in [0.29, 0.717) is 49.8 Å². The van der Waals surface area contributed by atoms with Crippen LogP contribution in [-0.4, -0.2) is 123 Å². The van der Waals surface area contributed by atoms with Gasteiger partial charge in [0.1, 0.15) is 29.7 Å². The van der Waals surface area contributed by atoms with Crippen LogP contribution in [0.25, 0.3) is 21.8 Å². The minimum absolute atomic E-state index is 0.0623. The molecule has 2 aliphatic rings. The molecule has 0 bridgehead atoms. The van der Waals surface area contributed by atoms with Crippen molar-refractivity contribution in [1.29, 1.82) is 0 Å². The summed E-state index contributed by atoms with van der Waals surface area (Å²) in [5.74, 6) is -2.74. The molecule has 0 atom stereocenters. The van der Waals surface area contributed by atoms with Crippen LogP contribution in [0.15, 0.2) is 82.4 Å². The van der Waals surface area contributed by atoms with Crippen LogP contribution < -0.4 is 36.0 Å². The second kappa shape index (κ2) is 25.3. The summed E-state index contributed by atoms with van der Waals surface area (Å²) in [4.78, 5) is 90.5. The summed E-state index contributed by atoms with van der Waals surface area (Å²) in [5, 5.41) is 23.7. The lowest BCUT2D eigenvalue weighted by Crippen LogP contribution is -2.40. The second-order valence-electron chi connectivity index (χ2n) is 17.5. The highest BCUT2D eigenvalue weighted by molar-refractivity contribution is 6.30. The fourth-order valence-electron chi connectivity index (χ4n) is 8.61. The van der Waals surface area contributed by atoms with E-state index in [9.17, 15) is 37.5 Å². The fourth-order valence-corrected chi connectivity index (χ4v) is 8.82. The Bertz CT molecular complexity index is 3070. The molecule has 8 rings (SSSR count). The van der Waals surface area contributed by atoms with Crippen LogP contribution in [0, 0.1) is 23.5 Å². The number of amides is 4. The summed E-state index contributed by atoms with van der Waals surface area (Å²) in [5.41, 5.74) is 0.503. The van der Waals surface area contributed by atoms with Crippen molar-refractivity contribution in [1.82, 2.24) is 40.4 Å². The Labute approximate surface area is 421 Å². The Morgan fingerprint density at radius 1 is 0.671 bits per heavy atom. The number of hydrogen-bond acceptors (Lipinski definition) is 13. The maximum atomic E-state index is 14.6. The first-order valence-electron chi connectivity index (χ1n) is 23.7. The van der Waals surface area contributed by atoms with Gasteiger partial charge >= 0.3 is 0 Å². The number of fused-ring (bicyclic) bond motifs is 2. The summed E-state index contributed by atoms with van der Waals surface area (Å²) in [7, 11) is 1.55. The van der Waals surface area contributed by atoms with Gasteiger partial charge in [0.2, 0.25) is 11.8 Å². The number of halogens is 3. The molecule has 0 spiro atoms. The van der Waals surface area contributed by atoms with Crippen LogP contribution in [-0.2, 0) is 22.7 Å². The number of carbonyl (C=O) groups excluding carboxylic acids is 4. The van der Waals surface area contributed by atoms with Crippen molar-refractivity contribution in [3.05, 3.63) is 133 Å². The number of carbonyl (C=O) groups is 4. The van der Waals surface area contributed by atoms with Gasteiger partial charge in [-0.1, -0.05) is 35.9 Å². The van der Waals surface area contributed by atoms with E-state index < -0.39 is 47.8 Å². The normalized spacial score (nSPS) is 14.1. The van der Waals surface area contributed by atoms with Crippen molar-refractivity contribution in [2.75, 3.05) is 59.7 Å². The van der Waals surface area contributed by atoms with E-state index in [1.807, 2.05) is 6.07 Å². The van der Waals surface area contributed by atoms with Crippen LogP contribution in [0.2, 0.25) is 5.02 Å².